The first-order chi connectivity index (χ1) is 7.38. The lowest BCUT2D eigenvalue weighted by molar-refractivity contribution is -0.141. The monoisotopic (exact) mass is 229 g/mol. The second kappa shape index (κ2) is 3.43. The minimum absolute atomic E-state index is 0.0207. The molecule has 0 unspecified atom stereocenters. The van der Waals surface area contributed by atoms with Crippen molar-refractivity contribution in [1.29, 1.82) is 0 Å². The van der Waals surface area contributed by atoms with Crippen molar-refractivity contribution in [2.24, 2.45) is 0 Å². The number of hydrogen-bond acceptors (Lipinski definition) is 1. The number of aryl methyl sites for hydroxylation is 1. The van der Waals surface area contributed by atoms with Crippen LogP contribution in [0.3, 0.4) is 0 Å². The van der Waals surface area contributed by atoms with E-state index in [1.807, 2.05) is 0 Å². The van der Waals surface area contributed by atoms with Gasteiger partial charge in [-0.15, -0.1) is 0 Å². The molecule has 1 heterocycles. The first-order valence-electron chi connectivity index (χ1n) is 4.52. The topological polar surface area (TPSA) is 12.9 Å². The Kier molecular flexibility index (Phi) is 2.33. The molecule has 0 spiro atoms. The summed E-state index contributed by atoms with van der Waals surface area (Å²) in [6.45, 7) is 1.54. The first-order valence-corrected chi connectivity index (χ1v) is 4.52. The van der Waals surface area contributed by atoms with E-state index in [-0.39, 0.29) is 5.52 Å². The largest absolute Gasteiger partial charge is 0.433 e. The maximum Gasteiger partial charge on any atom is 0.433 e. The molecular weight excluding hydrogens is 222 g/mol. The van der Waals surface area contributed by atoms with Crippen molar-refractivity contribution in [3.63, 3.8) is 0 Å². The lowest BCUT2D eigenvalue weighted by Gasteiger charge is -2.09. The fraction of sp³-hybridized carbons (Fsp3) is 0.182. The summed E-state index contributed by atoms with van der Waals surface area (Å²) in [7, 11) is 0. The van der Waals surface area contributed by atoms with Crippen LogP contribution in [0.1, 0.15) is 11.3 Å². The van der Waals surface area contributed by atoms with E-state index in [2.05, 4.69) is 4.98 Å². The highest BCUT2D eigenvalue weighted by Crippen LogP contribution is 2.30. The Bertz CT molecular complexity index is 545. The molecular formula is C11H7F4N. The third-order valence-corrected chi connectivity index (χ3v) is 2.27. The quantitative estimate of drug-likeness (QED) is 0.627. The van der Waals surface area contributed by atoms with Crippen LogP contribution >= 0.6 is 0 Å². The number of halogens is 4. The highest BCUT2D eigenvalue weighted by atomic mass is 19.4. The molecule has 84 valence electrons. The van der Waals surface area contributed by atoms with Gasteiger partial charge in [-0.25, -0.2) is 9.37 Å². The number of pyridine rings is 1. The highest BCUT2D eigenvalue weighted by Gasteiger charge is 2.32. The zero-order valence-corrected chi connectivity index (χ0v) is 8.27. The summed E-state index contributed by atoms with van der Waals surface area (Å²) in [4.78, 5) is 3.40. The molecule has 1 nitrogen and oxygen atoms in total. The Morgan fingerprint density at radius 1 is 1.12 bits per heavy atom. The molecule has 0 atom stereocenters. The fourth-order valence-electron chi connectivity index (χ4n) is 1.52. The summed E-state index contributed by atoms with van der Waals surface area (Å²) in [5.74, 6) is -0.598. The van der Waals surface area contributed by atoms with E-state index in [9.17, 15) is 17.6 Å². The maximum atomic E-state index is 12.9. The molecule has 0 aliphatic rings. The van der Waals surface area contributed by atoms with Crippen LogP contribution in [0.15, 0.2) is 24.3 Å². The number of hydrogen-bond donors (Lipinski definition) is 0. The molecule has 2 rings (SSSR count). The second-order valence-corrected chi connectivity index (χ2v) is 3.48. The van der Waals surface area contributed by atoms with E-state index in [0.717, 1.165) is 12.1 Å². The van der Waals surface area contributed by atoms with E-state index in [1.165, 1.54) is 19.1 Å². The molecule has 16 heavy (non-hydrogen) atoms. The summed E-state index contributed by atoms with van der Waals surface area (Å²) in [5, 5.41) is 0.523. The Morgan fingerprint density at radius 2 is 1.81 bits per heavy atom. The summed E-state index contributed by atoms with van der Waals surface area (Å²) in [6.07, 6.45) is -4.51. The van der Waals surface area contributed by atoms with Crippen molar-refractivity contribution < 1.29 is 17.6 Å². The Hall–Kier alpha value is -1.65. The molecule has 1 aromatic heterocycles. The van der Waals surface area contributed by atoms with Crippen molar-refractivity contribution in [1.82, 2.24) is 4.98 Å². The average molecular weight is 229 g/mol. The summed E-state index contributed by atoms with van der Waals surface area (Å²) < 4.78 is 50.2. The standard InChI is InChI=1S/C11H7F4N/c1-6-4-10(11(13,14)15)16-9-5-7(12)2-3-8(6)9/h2-5H,1H3. The van der Waals surface area contributed by atoms with E-state index >= 15 is 0 Å². The summed E-state index contributed by atoms with van der Waals surface area (Å²) in [6, 6.07) is 4.58. The lowest BCUT2D eigenvalue weighted by atomic mass is 10.1. The van der Waals surface area contributed by atoms with Crippen LogP contribution in [0.2, 0.25) is 0 Å². The van der Waals surface area contributed by atoms with Crippen molar-refractivity contribution in [3.05, 3.63) is 41.3 Å². The molecule has 0 fully saturated rings. The molecule has 0 aliphatic heterocycles. The first kappa shape index (κ1) is 10.9. The van der Waals surface area contributed by atoms with Gasteiger partial charge in [-0.3, -0.25) is 0 Å². The van der Waals surface area contributed by atoms with Gasteiger partial charge in [0.2, 0.25) is 0 Å². The van der Waals surface area contributed by atoms with Gasteiger partial charge in [-0.2, -0.15) is 13.2 Å². The van der Waals surface area contributed by atoms with Crippen LogP contribution < -0.4 is 0 Å². The van der Waals surface area contributed by atoms with Crippen molar-refractivity contribution in [2.75, 3.05) is 0 Å². The van der Waals surface area contributed by atoms with Crippen LogP contribution in [-0.2, 0) is 6.18 Å². The van der Waals surface area contributed by atoms with Crippen LogP contribution in [-0.4, -0.2) is 4.98 Å². The van der Waals surface area contributed by atoms with E-state index in [0.29, 0.717) is 10.9 Å². The van der Waals surface area contributed by atoms with Crippen LogP contribution in [0, 0.1) is 12.7 Å². The predicted octanol–water partition coefficient (Wildman–Crippen LogP) is 3.70. The molecule has 0 bridgehead atoms. The van der Waals surface area contributed by atoms with Crippen molar-refractivity contribution in [2.45, 2.75) is 13.1 Å². The molecule has 0 radical (unpaired) electrons. The third-order valence-electron chi connectivity index (χ3n) is 2.27. The Morgan fingerprint density at radius 3 is 2.44 bits per heavy atom. The van der Waals surface area contributed by atoms with E-state index < -0.39 is 17.7 Å². The molecule has 0 saturated heterocycles. The van der Waals surface area contributed by atoms with Crippen LogP contribution in [0.4, 0.5) is 17.6 Å². The fourth-order valence-corrected chi connectivity index (χ4v) is 1.52. The number of rotatable bonds is 0. The summed E-state index contributed by atoms with van der Waals surface area (Å²) in [5.41, 5.74) is -0.548. The van der Waals surface area contributed by atoms with Crippen LogP contribution in [0.25, 0.3) is 10.9 Å². The normalized spacial score (nSPS) is 12.1. The van der Waals surface area contributed by atoms with Gasteiger partial charge in [0, 0.05) is 11.5 Å². The second-order valence-electron chi connectivity index (χ2n) is 3.48. The number of benzene rings is 1. The molecule has 0 aliphatic carbocycles. The van der Waals surface area contributed by atoms with Gasteiger partial charge in [0.15, 0.2) is 0 Å². The molecule has 1 aromatic carbocycles. The highest BCUT2D eigenvalue weighted by molar-refractivity contribution is 5.82. The Balaban J connectivity index is 2.75. The number of aromatic nitrogens is 1. The maximum absolute atomic E-state index is 12.9. The molecule has 0 N–H and O–H groups in total. The molecule has 0 amide bonds. The number of nitrogens with zero attached hydrogens (tertiary/aromatic N) is 1. The number of fused-ring (bicyclic) bond motifs is 1. The van der Waals surface area contributed by atoms with Gasteiger partial charge in [0.05, 0.1) is 5.52 Å². The zero-order valence-electron chi connectivity index (χ0n) is 8.27. The predicted molar refractivity (Wildman–Crippen MR) is 51.4 cm³/mol. The van der Waals surface area contributed by atoms with Gasteiger partial charge < -0.3 is 0 Å². The van der Waals surface area contributed by atoms with Gasteiger partial charge in [-0.1, -0.05) is 0 Å². The molecule has 2 aromatic rings. The minimum Gasteiger partial charge on any atom is -0.243 e. The van der Waals surface area contributed by atoms with Gasteiger partial charge in [-0.05, 0) is 30.7 Å². The molecule has 0 saturated carbocycles. The van der Waals surface area contributed by atoms with Crippen LogP contribution in [0.5, 0.6) is 0 Å². The SMILES string of the molecule is Cc1cc(C(F)(F)F)nc2cc(F)ccc12. The minimum atomic E-state index is -4.51. The summed E-state index contributed by atoms with van der Waals surface area (Å²) >= 11 is 0. The zero-order chi connectivity index (χ0) is 11.9. The van der Waals surface area contributed by atoms with Gasteiger partial charge in [0.1, 0.15) is 11.5 Å². The van der Waals surface area contributed by atoms with E-state index in [1.54, 1.807) is 0 Å². The van der Waals surface area contributed by atoms with E-state index in [4.69, 9.17) is 0 Å². The molecule has 5 heteroatoms. The van der Waals surface area contributed by atoms with Gasteiger partial charge in [0.25, 0.3) is 0 Å². The van der Waals surface area contributed by atoms with Crippen molar-refractivity contribution in [3.8, 4) is 0 Å². The van der Waals surface area contributed by atoms with Crippen molar-refractivity contribution >= 4 is 10.9 Å². The third kappa shape index (κ3) is 1.85. The van der Waals surface area contributed by atoms with Gasteiger partial charge >= 0.3 is 6.18 Å². The smallest absolute Gasteiger partial charge is 0.243 e. The average Bonchev–Trinajstić information content (AvgIpc) is 2.15. The Labute approximate surface area is 88.7 Å². The number of alkyl halides is 3. The lowest BCUT2D eigenvalue weighted by Crippen LogP contribution is -2.08.